The van der Waals surface area contributed by atoms with Crippen molar-refractivity contribution in [1.29, 1.82) is 0 Å². The SMILES string of the molecule is CNC(Cc1cccc(OC)c1F)c1cc(Br)cs1. The molecule has 19 heavy (non-hydrogen) atoms. The second kappa shape index (κ2) is 6.50. The zero-order chi connectivity index (χ0) is 13.8. The molecule has 1 aromatic carbocycles. The minimum atomic E-state index is -0.277. The Balaban J connectivity index is 2.23. The summed E-state index contributed by atoms with van der Waals surface area (Å²) < 4.78 is 20.2. The first-order valence-corrected chi connectivity index (χ1v) is 7.55. The summed E-state index contributed by atoms with van der Waals surface area (Å²) in [4.78, 5) is 1.18. The molecule has 1 heterocycles. The van der Waals surface area contributed by atoms with Gasteiger partial charge < -0.3 is 10.1 Å². The minimum absolute atomic E-state index is 0.0953. The van der Waals surface area contributed by atoms with Gasteiger partial charge in [-0.25, -0.2) is 4.39 Å². The third kappa shape index (κ3) is 3.35. The van der Waals surface area contributed by atoms with Crippen molar-refractivity contribution >= 4 is 27.3 Å². The van der Waals surface area contributed by atoms with E-state index in [1.807, 2.05) is 18.5 Å². The summed E-state index contributed by atoms with van der Waals surface area (Å²) >= 11 is 5.10. The third-order valence-corrected chi connectivity index (χ3v) is 4.77. The standard InChI is InChI=1S/C14H15BrFNOS/c1-17-11(13-7-10(15)8-19-13)6-9-4-3-5-12(18-2)14(9)16/h3-5,7-8,11,17H,6H2,1-2H3. The molecule has 0 bridgehead atoms. The van der Waals surface area contributed by atoms with Crippen LogP contribution in [0.4, 0.5) is 4.39 Å². The molecule has 1 atom stereocenters. The largest absolute Gasteiger partial charge is 0.494 e. The molecule has 5 heteroatoms. The van der Waals surface area contributed by atoms with E-state index in [4.69, 9.17) is 4.74 Å². The number of nitrogens with one attached hydrogen (secondary N) is 1. The summed E-state index contributed by atoms with van der Waals surface area (Å²) in [6.45, 7) is 0. The van der Waals surface area contributed by atoms with Crippen LogP contribution in [0.1, 0.15) is 16.5 Å². The molecule has 2 rings (SSSR count). The fourth-order valence-electron chi connectivity index (χ4n) is 1.95. The van der Waals surface area contributed by atoms with E-state index in [2.05, 4.69) is 27.3 Å². The molecule has 2 aromatic rings. The zero-order valence-electron chi connectivity index (χ0n) is 10.7. The molecule has 0 spiro atoms. The molecule has 0 amide bonds. The van der Waals surface area contributed by atoms with Crippen molar-refractivity contribution in [3.05, 3.63) is 50.4 Å². The van der Waals surface area contributed by atoms with Crippen LogP contribution in [0.25, 0.3) is 0 Å². The van der Waals surface area contributed by atoms with Gasteiger partial charge in [0.25, 0.3) is 0 Å². The average molecular weight is 344 g/mol. The Morgan fingerprint density at radius 3 is 2.84 bits per heavy atom. The molecule has 0 aliphatic rings. The van der Waals surface area contributed by atoms with Crippen molar-refractivity contribution in [2.45, 2.75) is 12.5 Å². The van der Waals surface area contributed by atoms with Gasteiger partial charge in [-0.05, 0) is 47.1 Å². The summed E-state index contributed by atoms with van der Waals surface area (Å²) in [5.74, 6) is 0.0144. The number of thiophene rings is 1. The predicted octanol–water partition coefficient (Wildman–Crippen LogP) is 4.16. The highest BCUT2D eigenvalue weighted by Crippen LogP contribution is 2.29. The van der Waals surface area contributed by atoms with Gasteiger partial charge in [0.1, 0.15) is 0 Å². The van der Waals surface area contributed by atoms with Crippen molar-refractivity contribution in [3.8, 4) is 5.75 Å². The highest BCUT2D eigenvalue weighted by Gasteiger charge is 2.16. The van der Waals surface area contributed by atoms with E-state index in [9.17, 15) is 4.39 Å². The highest BCUT2D eigenvalue weighted by molar-refractivity contribution is 9.10. The van der Waals surface area contributed by atoms with E-state index in [1.54, 1.807) is 23.5 Å². The normalized spacial score (nSPS) is 12.4. The van der Waals surface area contributed by atoms with Gasteiger partial charge in [-0.15, -0.1) is 11.3 Å². The van der Waals surface area contributed by atoms with Crippen LogP contribution in [0, 0.1) is 5.82 Å². The fourth-order valence-corrected chi connectivity index (χ4v) is 3.50. The molecule has 0 saturated heterocycles. The van der Waals surface area contributed by atoms with Crippen LogP contribution in [0.3, 0.4) is 0 Å². The summed E-state index contributed by atoms with van der Waals surface area (Å²) in [5.41, 5.74) is 0.656. The number of methoxy groups -OCH3 is 1. The fraction of sp³-hybridized carbons (Fsp3) is 0.286. The van der Waals surface area contributed by atoms with E-state index in [1.165, 1.54) is 12.0 Å². The van der Waals surface area contributed by atoms with Crippen LogP contribution in [0.2, 0.25) is 0 Å². The number of benzene rings is 1. The predicted molar refractivity (Wildman–Crippen MR) is 80.5 cm³/mol. The molecule has 0 aliphatic carbocycles. The van der Waals surface area contributed by atoms with E-state index < -0.39 is 0 Å². The summed E-state index contributed by atoms with van der Waals surface area (Å²) in [7, 11) is 3.37. The molecule has 102 valence electrons. The van der Waals surface area contributed by atoms with Crippen molar-refractivity contribution in [1.82, 2.24) is 5.32 Å². The first kappa shape index (κ1) is 14.5. The summed E-state index contributed by atoms with van der Waals surface area (Å²) in [6.07, 6.45) is 0.590. The van der Waals surface area contributed by atoms with Gasteiger partial charge in [0.05, 0.1) is 7.11 Å². The number of rotatable bonds is 5. The lowest BCUT2D eigenvalue weighted by Gasteiger charge is -2.15. The van der Waals surface area contributed by atoms with Crippen LogP contribution in [0.5, 0.6) is 5.75 Å². The van der Waals surface area contributed by atoms with Gasteiger partial charge >= 0.3 is 0 Å². The van der Waals surface area contributed by atoms with Crippen molar-refractivity contribution in [2.24, 2.45) is 0 Å². The quantitative estimate of drug-likeness (QED) is 0.879. The number of hydrogen-bond donors (Lipinski definition) is 1. The van der Waals surface area contributed by atoms with Crippen LogP contribution < -0.4 is 10.1 Å². The van der Waals surface area contributed by atoms with Gasteiger partial charge in [-0.1, -0.05) is 12.1 Å². The summed E-state index contributed by atoms with van der Waals surface area (Å²) in [6, 6.07) is 7.40. The smallest absolute Gasteiger partial charge is 0.168 e. The Kier molecular flexibility index (Phi) is 4.96. The van der Waals surface area contributed by atoms with Gasteiger partial charge in [0.2, 0.25) is 0 Å². The van der Waals surface area contributed by atoms with Gasteiger partial charge in [-0.2, -0.15) is 0 Å². The van der Waals surface area contributed by atoms with E-state index in [0.717, 1.165) is 4.47 Å². The second-order valence-corrected chi connectivity index (χ2v) is 6.00. The van der Waals surface area contributed by atoms with Crippen molar-refractivity contribution in [3.63, 3.8) is 0 Å². The molecule has 1 aromatic heterocycles. The molecule has 0 saturated carbocycles. The molecule has 1 unspecified atom stereocenters. The van der Waals surface area contributed by atoms with Gasteiger partial charge in [0.15, 0.2) is 11.6 Å². The zero-order valence-corrected chi connectivity index (χ0v) is 13.1. The lowest BCUT2D eigenvalue weighted by atomic mass is 10.0. The molecular formula is C14H15BrFNOS. The number of likely N-dealkylation sites (N-methyl/N-ethyl adjacent to an activating group) is 1. The molecule has 2 nitrogen and oxygen atoms in total. The first-order valence-electron chi connectivity index (χ1n) is 5.88. The molecule has 0 radical (unpaired) electrons. The molecule has 1 N–H and O–H groups in total. The van der Waals surface area contributed by atoms with Crippen LogP contribution in [0.15, 0.2) is 34.1 Å². The van der Waals surface area contributed by atoms with Crippen LogP contribution in [-0.2, 0) is 6.42 Å². The second-order valence-electron chi connectivity index (χ2n) is 4.15. The van der Waals surface area contributed by atoms with Crippen LogP contribution in [-0.4, -0.2) is 14.2 Å². The Bertz CT molecular complexity index is 558. The Morgan fingerprint density at radius 1 is 1.47 bits per heavy atom. The van der Waals surface area contributed by atoms with E-state index in [-0.39, 0.29) is 11.9 Å². The first-order chi connectivity index (χ1) is 9.15. The maximum absolute atomic E-state index is 14.1. The highest BCUT2D eigenvalue weighted by atomic mass is 79.9. The number of ether oxygens (including phenoxy) is 1. The van der Waals surface area contributed by atoms with Crippen LogP contribution >= 0.6 is 27.3 Å². The summed E-state index contributed by atoms with van der Waals surface area (Å²) in [5, 5.41) is 5.26. The van der Waals surface area contributed by atoms with E-state index >= 15 is 0 Å². The molecule has 0 fully saturated rings. The number of hydrogen-bond acceptors (Lipinski definition) is 3. The molecule has 0 aliphatic heterocycles. The maximum atomic E-state index is 14.1. The van der Waals surface area contributed by atoms with Crippen molar-refractivity contribution in [2.75, 3.05) is 14.2 Å². The molecular weight excluding hydrogens is 329 g/mol. The topological polar surface area (TPSA) is 21.3 Å². The van der Waals surface area contributed by atoms with Gasteiger partial charge in [-0.3, -0.25) is 0 Å². The maximum Gasteiger partial charge on any atom is 0.168 e. The number of halogens is 2. The monoisotopic (exact) mass is 343 g/mol. The Morgan fingerprint density at radius 2 is 2.26 bits per heavy atom. The lowest BCUT2D eigenvalue weighted by molar-refractivity contribution is 0.383. The lowest BCUT2D eigenvalue weighted by Crippen LogP contribution is -2.18. The Labute approximate surface area is 124 Å². The average Bonchev–Trinajstić information content (AvgIpc) is 2.84. The van der Waals surface area contributed by atoms with E-state index in [0.29, 0.717) is 17.7 Å². The van der Waals surface area contributed by atoms with Gasteiger partial charge in [0, 0.05) is 20.8 Å². The Hall–Kier alpha value is -0.910. The minimum Gasteiger partial charge on any atom is -0.494 e. The third-order valence-electron chi connectivity index (χ3n) is 2.97. The van der Waals surface area contributed by atoms with Crippen molar-refractivity contribution < 1.29 is 9.13 Å².